The van der Waals surface area contributed by atoms with E-state index in [9.17, 15) is 9.59 Å². The Morgan fingerprint density at radius 1 is 1.36 bits per heavy atom. The zero-order valence-electron chi connectivity index (χ0n) is 13.8. The first kappa shape index (κ1) is 19.6. The summed E-state index contributed by atoms with van der Waals surface area (Å²) in [7, 11) is 0. The fraction of sp³-hybridized carbons (Fsp3) is 0.312. The molecule has 0 saturated heterocycles. The molecule has 0 fully saturated rings. The van der Waals surface area contributed by atoms with Gasteiger partial charge in [0.15, 0.2) is 0 Å². The van der Waals surface area contributed by atoms with Gasteiger partial charge in [0.25, 0.3) is 5.91 Å². The molecule has 9 heteroatoms. The van der Waals surface area contributed by atoms with Gasteiger partial charge >= 0.3 is 6.03 Å². The number of anilines is 1. The number of halogens is 1. The number of nitrogens with two attached hydrogens (primary N) is 1. The lowest BCUT2D eigenvalue weighted by molar-refractivity contribution is 0.0998. The Balaban J connectivity index is 2.09. The van der Waals surface area contributed by atoms with Gasteiger partial charge in [0.1, 0.15) is 15.6 Å². The van der Waals surface area contributed by atoms with E-state index in [4.69, 9.17) is 17.3 Å². The van der Waals surface area contributed by atoms with Gasteiger partial charge in [0.2, 0.25) is 0 Å². The van der Waals surface area contributed by atoms with Crippen molar-refractivity contribution in [2.45, 2.75) is 37.1 Å². The van der Waals surface area contributed by atoms with E-state index in [1.807, 2.05) is 26.0 Å². The molecule has 0 aliphatic carbocycles. The standard InChI is InChI=1S/C16H19ClN4O2S2/c1-3-9(2)19-16(23)20-14-12(13(18)22)15(21-25-14)24-8-10-4-6-11(17)7-5-10/h4-7,9H,3,8H2,1-2H3,(H2,18,22)(H2,19,20,23). The molecule has 25 heavy (non-hydrogen) atoms. The predicted molar refractivity (Wildman–Crippen MR) is 104 cm³/mol. The van der Waals surface area contributed by atoms with Crippen molar-refractivity contribution in [2.24, 2.45) is 5.73 Å². The first-order valence-corrected chi connectivity index (χ1v) is 9.78. The number of nitrogens with one attached hydrogen (secondary N) is 2. The first-order chi connectivity index (χ1) is 11.9. The Bertz CT molecular complexity index is 749. The number of benzene rings is 1. The number of aromatic nitrogens is 1. The van der Waals surface area contributed by atoms with Gasteiger partial charge in [0, 0.05) is 16.8 Å². The molecule has 2 rings (SSSR count). The van der Waals surface area contributed by atoms with Crippen molar-refractivity contribution in [1.29, 1.82) is 0 Å². The molecule has 134 valence electrons. The van der Waals surface area contributed by atoms with Crippen molar-refractivity contribution in [3.05, 3.63) is 40.4 Å². The molecule has 1 atom stereocenters. The Labute approximate surface area is 159 Å². The maximum atomic E-state index is 12.0. The number of primary amides is 1. The van der Waals surface area contributed by atoms with Crippen LogP contribution < -0.4 is 16.4 Å². The van der Waals surface area contributed by atoms with Crippen LogP contribution in [-0.4, -0.2) is 22.4 Å². The van der Waals surface area contributed by atoms with Crippen molar-refractivity contribution >= 4 is 51.8 Å². The minimum absolute atomic E-state index is 0.0312. The monoisotopic (exact) mass is 398 g/mol. The lowest BCUT2D eigenvalue weighted by Gasteiger charge is -2.11. The number of thioether (sulfide) groups is 1. The molecule has 2 aromatic rings. The second-order valence-electron chi connectivity index (χ2n) is 5.38. The van der Waals surface area contributed by atoms with Crippen LogP contribution in [0.1, 0.15) is 36.2 Å². The van der Waals surface area contributed by atoms with Gasteiger partial charge in [-0.15, -0.1) is 0 Å². The zero-order chi connectivity index (χ0) is 18.4. The second kappa shape index (κ2) is 9.07. The zero-order valence-corrected chi connectivity index (χ0v) is 16.2. The predicted octanol–water partition coefficient (Wildman–Crippen LogP) is 4.11. The van der Waals surface area contributed by atoms with E-state index in [2.05, 4.69) is 15.0 Å². The number of hydrogen-bond donors (Lipinski definition) is 3. The number of hydrogen-bond acceptors (Lipinski definition) is 5. The summed E-state index contributed by atoms with van der Waals surface area (Å²) in [5, 5.41) is 6.96. The summed E-state index contributed by atoms with van der Waals surface area (Å²) >= 11 is 8.29. The summed E-state index contributed by atoms with van der Waals surface area (Å²) in [4.78, 5) is 23.8. The van der Waals surface area contributed by atoms with Crippen LogP contribution in [0.25, 0.3) is 0 Å². The van der Waals surface area contributed by atoms with Crippen molar-refractivity contribution in [3.63, 3.8) is 0 Å². The van der Waals surface area contributed by atoms with Gasteiger partial charge in [-0.1, -0.05) is 42.4 Å². The minimum atomic E-state index is -0.619. The normalized spacial score (nSPS) is 11.8. The minimum Gasteiger partial charge on any atom is -0.365 e. The molecule has 1 aromatic heterocycles. The van der Waals surface area contributed by atoms with Gasteiger partial charge < -0.3 is 11.1 Å². The third-order valence-electron chi connectivity index (χ3n) is 3.41. The molecule has 1 heterocycles. The summed E-state index contributed by atoms with van der Waals surface area (Å²) in [6.45, 7) is 3.87. The molecular formula is C16H19ClN4O2S2. The van der Waals surface area contributed by atoms with Gasteiger partial charge in [-0.3, -0.25) is 10.1 Å². The van der Waals surface area contributed by atoms with Crippen LogP contribution in [0.5, 0.6) is 0 Å². The van der Waals surface area contributed by atoms with Crippen LogP contribution in [0.4, 0.5) is 9.80 Å². The molecule has 4 N–H and O–H groups in total. The number of urea groups is 1. The first-order valence-electron chi connectivity index (χ1n) is 7.65. The fourth-order valence-corrected chi connectivity index (χ4v) is 3.92. The molecule has 3 amide bonds. The highest BCUT2D eigenvalue weighted by Crippen LogP contribution is 2.33. The highest BCUT2D eigenvalue weighted by atomic mass is 35.5. The Morgan fingerprint density at radius 2 is 2.04 bits per heavy atom. The number of carbonyl (C=O) groups is 2. The molecule has 1 unspecified atom stereocenters. The number of nitrogens with zero attached hydrogens (tertiary/aromatic N) is 1. The Morgan fingerprint density at radius 3 is 2.64 bits per heavy atom. The van der Waals surface area contributed by atoms with Crippen LogP contribution in [0.15, 0.2) is 29.3 Å². The lowest BCUT2D eigenvalue weighted by atomic mass is 10.2. The average molecular weight is 399 g/mol. The summed E-state index contributed by atoms with van der Waals surface area (Å²) < 4.78 is 4.26. The van der Waals surface area contributed by atoms with Gasteiger partial charge in [-0.25, -0.2) is 4.79 Å². The van der Waals surface area contributed by atoms with Crippen molar-refractivity contribution in [2.75, 3.05) is 5.32 Å². The number of carbonyl (C=O) groups excluding carboxylic acids is 2. The average Bonchev–Trinajstić information content (AvgIpc) is 2.96. The highest BCUT2D eigenvalue weighted by Gasteiger charge is 2.21. The van der Waals surface area contributed by atoms with Crippen LogP contribution >= 0.6 is 34.9 Å². The molecule has 0 bridgehead atoms. The van der Waals surface area contributed by atoms with E-state index in [0.717, 1.165) is 23.5 Å². The van der Waals surface area contributed by atoms with E-state index in [1.54, 1.807) is 12.1 Å². The quantitative estimate of drug-likeness (QED) is 0.611. The topological polar surface area (TPSA) is 97.1 Å². The van der Waals surface area contributed by atoms with Crippen LogP contribution in [0.2, 0.25) is 5.02 Å². The van der Waals surface area contributed by atoms with Gasteiger partial charge in [-0.2, -0.15) is 4.37 Å². The maximum absolute atomic E-state index is 12.0. The van der Waals surface area contributed by atoms with Crippen LogP contribution in [0, 0.1) is 0 Å². The van der Waals surface area contributed by atoms with E-state index in [0.29, 0.717) is 20.8 Å². The number of rotatable bonds is 7. The summed E-state index contributed by atoms with van der Waals surface area (Å²) in [5.74, 6) is -0.00846. The summed E-state index contributed by atoms with van der Waals surface area (Å²) in [5.41, 5.74) is 6.76. The van der Waals surface area contributed by atoms with E-state index in [-0.39, 0.29) is 17.6 Å². The van der Waals surface area contributed by atoms with Crippen molar-refractivity contribution in [3.8, 4) is 0 Å². The Hall–Kier alpha value is -1.77. The molecule has 6 nitrogen and oxygen atoms in total. The maximum Gasteiger partial charge on any atom is 0.320 e. The molecule has 1 aromatic carbocycles. The van der Waals surface area contributed by atoms with E-state index in [1.165, 1.54) is 11.8 Å². The van der Waals surface area contributed by atoms with E-state index >= 15 is 0 Å². The second-order valence-corrected chi connectivity index (χ2v) is 7.55. The molecule has 0 saturated carbocycles. The third kappa shape index (κ3) is 5.62. The SMILES string of the molecule is CCC(C)NC(=O)Nc1snc(SCc2ccc(Cl)cc2)c1C(N)=O. The summed E-state index contributed by atoms with van der Waals surface area (Å²) in [6, 6.07) is 7.08. The number of amides is 3. The van der Waals surface area contributed by atoms with Crippen LogP contribution in [-0.2, 0) is 5.75 Å². The largest absolute Gasteiger partial charge is 0.365 e. The smallest absolute Gasteiger partial charge is 0.320 e. The molecule has 0 aliphatic heterocycles. The highest BCUT2D eigenvalue weighted by molar-refractivity contribution is 7.98. The van der Waals surface area contributed by atoms with Gasteiger partial charge in [-0.05, 0) is 42.6 Å². The van der Waals surface area contributed by atoms with Gasteiger partial charge in [0.05, 0.1) is 0 Å². The Kier molecular flexibility index (Phi) is 7.10. The van der Waals surface area contributed by atoms with Crippen molar-refractivity contribution < 1.29 is 9.59 Å². The van der Waals surface area contributed by atoms with E-state index < -0.39 is 5.91 Å². The third-order valence-corrected chi connectivity index (χ3v) is 5.59. The van der Waals surface area contributed by atoms with Crippen LogP contribution in [0.3, 0.4) is 0 Å². The molecule has 0 spiro atoms. The van der Waals surface area contributed by atoms with Crippen molar-refractivity contribution in [1.82, 2.24) is 9.69 Å². The fourth-order valence-electron chi connectivity index (χ4n) is 1.87. The molecule has 0 radical (unpaired) electrons. The summed E-state index contributed by atoms with van der Waals surface area (Å²) in [6.07, 6.45) is 0.807. The lowest BCUT2D eigenvalue weighted by Crippen LogP contribution is -2.35. The molecular weight excluding hydrogens is 380 g/mol. The molecule has 0 aliphatic rings.